The van der Waals surface area contributed by atoms with E-state index in [2.05, 4.69) is 20.4 Å². The largest absolute Gasteiger partial charge is 0.466 e. The van der Waals surface area contributed by atoms with E-state index in [-0.39, 0.29) is 6.03 Å². The minimum Gasteiger partial charge on any atom is -0.466 e. The molecule has 168 valence electrons. The van der Waals surface area contributed by atoms with E-state index in [9.17, 15) is 9.59 Å². The Kier molecular flexibility index (Phi) is 6.92. The zero-order valence-electron chi connectivity index (χ0n) is 18.7. The predicted octanol–water partition coefficient (Wildman–Crippen LogP) is 2.73. The lowest BCUT2D eigenvalue weighted by Crippen LogP contribution is -2.51. The van der Waals surface area contributed by atoms with Gasteiger partial charge in [-0.15, -0.1) is 0 Å². The third kappa shape index (κ3) is 5.10. The molecule has 3 aliphatic heterocycles. The number of carbonyl (C=O) groups excluding carboxylic acids is 2. The number of likely N-dealkylation sites (tertiary alicyclic amines) is 2. The Morgan fingerprint density at radius 2 is 1.74 bits per heavy atom. The average molecular weight is 427 g/mol. The molecule has 7 nitrogen and oxygen atoms in total. The van der Waals surface area contributed by atoms with Gasteiger partial charge in [-0.2, -0.15) is 0 Å². The fourth-order valence-corrected chi connectivity index (χ4v) is 5.05. The first-order valence-corrected chi connectivity index (χ1v) is 11.5. The zero-order chi connectivity index (χ0) is 21.8. The van der Waals surface area contributed by atoms with Gasteiger partial charge in [-0.05, 0) is 51.3 Å². The van der Waals surface area contributed by atoms with Crippen molar-refractivity contribution in [2.45, 2.75) is 51.1 Å². The lowest BCUT2D eigenvalue weighted by atomic mass is 9.94. The van der Waals surface area contributed by atoms with E-state index in [0.29, 0.717) is 23.9 Å². The van der Waals surface area contributed by atoms with Gasteiger partial charge >= 0.3 is 12.0 Å². The number of urea groups is 1. The summed E-state index contributed by atoms with van der Waals surface area (Å²) >= 11 is 0. The average Bonchev–Trinajstić information content (AvgIpc) is 2.80. The van der Waals surface area contributed by atoms with Gasteiger partial charge in [0.1, 0.15) is 0 Å². The van der Waals surface area contributed by atoms with Gasteiger partial charge in [-0.1, -0.05) is 36.2 Å². The molecule has 0 unspecified atom stereocenters. The van der Waals surface area contributed by atoms with E-state index < -0.39 is 12.0 Å². The number of piperidine rings is 2. The number of ether oxygens (including phenoxy) is 1. The van der Waals surface area contributed by atoms with Crippen molar-refractivity contribution in [3.05, 3.63) is 46.7 Å². The molecule has 0 saturated carbocycles. The van der Waals surface area contributed by atoms with Crippen molar-refractivity contribution in [2.75, 3.05) is 39.8 Å². The Balaban J connectivity index is 1.50. The van der Waals surface area contributed by atoms with Crippen molar-refractivity contribution in [2.24, 2.45) is 0 Å². The van der Waals surface area contributed by atoms with E-state index in [1.54, 1.807) is 0 Å². The lowest BCUT2D eigenvalue weighted by molar-refractivity contribution is -0.136. The number of nitrogens with zero attached hydrogens (tertiary/aromatic N) is 2. The second kappa shape index (κ2) is 9.83. The molecule has 4 rings (SSSR count). The third-order valence-electron chi connectivity index (χ3n) is 6.82. The van der Waals surface area contributed by atoms with Crippen LogP contribution in [0.5, 0.6) is 0 Å². The van der Waals surface area contributed by atoms with Gasteiger partial charge in [0.2, 0.25) is 0 Å². The van der Waals surface area contributed by atoms with Crippen LogP contribution >= 0.6 is 0 Å². The third-order valence-corrected chi connectivity index (χ3v) is 6.82. The summed E-state index contributed by atoms with van der Waals surface area (Å²) in [6.45, 7) is 6.95. The zero-order valence-corrected chi connectivity index (χ0v) is 18.7. The molecule has 1 aromatic carbocycles. The van der Waals surface area contributed by atoms with E-state index in [1.165, 1.54) is 39.5 Å². The standard InChI is InChI=1S/C24H34N4O3/c1-17-6-8-18(9-7-17)22-21(23(29)31-2)20(25-24(30)26-22)16-27-14-10-19(11-15-27)28-12-4-3-5-13-28/h6-9,19,22H,3-5,10-16H2,1-2H3,(H2,25,26,30)/t22-/m0/s1. The SMILES string of the molecule is COC(=O)C1=C(CN2CCC(N3CCCCC3)CC2)NC(=O)N[C@H]1c1ccc(C)cc1. The molecule has 1 atom stereocenters. The summed E-state index contributed by atoms with van der Waals surface area (Å²) in [5.41, 5.74) is 3.15. The molecule has 7 heteroatoms. The number of benzene rings is 1. The molecular formula is C24H34N4O3. The number of amides is 2. The summed E-state index contributed by atoms with van der Waals surface area (Å²) in [5, 5.41) is 5.79. The number of hydrogen-bond acceptors (Lipinski definition) is 5. The number of hydrogen-bond donors (Lipinski definition) is 2. The molecule has 0 spiro atoms. The minimum atomic E-state index is -0.511. The maximum Gasteiger partial charge on any atom is 0.338 e. The van der Waals surface area contributed by atoms with Gasteiger partial charge in [0.25, 0.3) is 0 Å². The van der Waals surface area contributed by atoms with Crippen molar-refractivity contribution in [3.63, 3.8) is 0 Å². The van der Waals surface area contributed by atoms with Crippen molar-refractivity contribution >= 4 is 12.0 Å². The topological polar surface area (TPSA) is 73.9 Å². The Bertz CT molecular complexity index is 822. The molecule has 3 aliphatic rings. The molecule has 0 radical (unpaired) electrons. The van der Waals surface area contributed by atoms with Crippen molar-refractivity contribution in [3.8, 4) is 0 Å². The summed E-state index contributed by atoms with van der Waals surface area (Å²) in [4.78, 5) is 30.2. The highest BCUT2D eigenvalue weighted by molar-refractivity contribution is 5.95. The molecule has 31 heavy (non-hydrogen) atoms. The maximum absolute atomic E-state index is 12.7. The number of methoxy groups -OCH3 is 1. The van der Waals surface area contributed by atoms with Gasteiger partial charge in [0.05, 0.1) is 18.7 Å². The van der Waals surface area contributed by atoms with Crippen LogP contribution in [0.1, 0.15) is 49.3 Å². The molecule has 2 fully saturated rings. The monoisotopic (exact) mass is 426 g/mol. The molecule has 3 heterocycles. The molecule has 2 N–H and O–H groups in total. The Morgan fingerprint density at radius 3 is 2.39 bits per heavy atom. The molecule has 2 amide bonds. The van der Waals surface area contributed by atoms with E-state index in [1.807, 2.05) is 31.2 Å². The molecule has 2 saturated heterocycles. The summed E-state index contributed by atoms with van der Waals surface area (Å²) in [7, 11) is 1.39. The van der Waals surface area contributed by atoms with Crippen molar-refractivity contribution in [1.29, 1.82) is 0 Å². The number of nitrogens with one attached hydrogen (secondary N) is 2. The quantitative estimate of drug-likeness (QED) is 0.709. The smallest absolute Gasteiger partial charge is 0.338 e. The predicted molar refractivity (Wildman–Crippen MR) is 120 cm³/mol. The number of rotatable bonds is 5. The normalized spacial score (nSPS) is 23.9. The highest BCUT2D eigenvalue weighted by atomic mass is 16.5. The van der Waals surface area contributed by atoms with Crippen molar-refractivity contribution < 1.29 is 14.3 Å². The van der Waals surface area contributed by atoms with E-state index in [0.717, 1.165) is 37.1 Å². The molecular weight excluding hydrogens is 392 g/mol. The van der Waals surface area contributed by atoms with Crippen LogP contribution in [0.15, 0.2) is 35.5 Å². The molecule has 0 bridgehead atoms. The first-order valence-electron chi connectivity index (χ1n) is 11.5. The minimum absolute atomic E-state index is 0.281. The second-order valence-corrected chi connectivity index (χ2v) is 8.93. The maximum atomic E-state index is 12.7. The van der Waals surface area contributed by atoms with Gasteiger partial charge < -0.3 is 20.3 Å². The van der Waals surface area contributed by atoms with E-state index >= 15 is 0 Å². The van der Waals surface area contributed by atoms with Crippen molar-refractivity contribution in [1.82, 2.24) is 20.4 Å². The van der Waals surface area contributed by atoms with Crippen LogP contribution < -0.4 is 10.6 Å². The summed E-state index contributed by atoms with van der Waals surface area (Å²) in [5.74, 6) is -0.406. The fraction of sp³-hybridized carbons (Fsp3) is 0.583. The van der Waals surface area contributed by atoms with Gasteiger partial charge in [-0.25, -0.2) is 9.59 Å². The van der Waals surface area contributed by atoms with Gasteiger partial charge in [0.15, 0.2) is 0 Å². The number of carbonyl (C=O) groups is 2. The first-order chi connectivity index (χ1) is 15.0. The molecule has 1 aromatic rings. The molecule has 0 aliphatic carbocycles. The fourth-order valence-electron chi connectivity index (χ4n) is 5.05. The highest BCUT2D eigenvalue weighted by Crippen LogP contribution is 2.29. The Labute approximate surface area is 184 Å². The van der Waals surface area contributed by atoms with Crippen LogP contribution in [0.4, 0.5) is 4.79 Å². The first kappa shape index (κ1) is 21.8. The Morgan fingerprint density at radius 1 is 1.06 bits per heavy atom. The van der Waals surface area contributed by atoms with Gasteiger partial charge in [-0.3, -0.25) is 4.90 Å². The lowest BCUT2D eigenvalue weighted by Gasteiger charge is -2.41. The highest BCUT2D eigenvalue weighted by Gasteiger charge is 2.35. The summed E-state index contributed by atoms with van der Waals surface area (Å²) in [6.07, 6.45) is 6.25. The Hall–Kier alpha value is -2.38. The van der Waals surface area contributed by atoms with Crippen LogP contribution in [0, 0.1) is 6.92 Å². The van der Waals surface area contributed by atoms with Crippen LogP contribution in [-0.2, 0) is 9.53 Å². The van der Waals surface area contributed by atoms with Crippen LogP contribution in [0.3, 0.4) is 0 Å². The number of aryl methyl sites for hydroxylation is 1. The number of esters is 1. The summed E-state index contributed by atoms with van der Waals surface area (Å²) < 4.78 is 5.10. The van der Waals surface area contributed by atoms with Crippen LogP contribution in [0.25, 0.3) is 0 Å². The molecule has 0 aromatic heterocycles. The van der Waals surface area contributed by atoms with Crippen LogP contribution in [-0.4, -0.2) is 67.7 Å². The van der Waals surface area contributed by atoms with Crippen LogP contribution in [0.2, 0.25) is 0 Å². The summed E-state index contributed by atoms with van der Waals surface area (Å²) in [6, 6.07) is 7.76. The van der Waals surface area contributed by atoms with Gasteiger partial charge in [0, 0.05) is 31.4 Å². The second-order valence-electron chi connectivity index (χ2n) is 8.93. The van der Waals surface area contributed by atoms with E-state index in [4.69, 9.17) is 4.74 Å².